The Kier molecular flexibility index (Phi) is 7.35. The van der Waals surface area contributed by atoms with Gasteiger partial charge in [0.05, 0.1) is 33.0 Å². The average molecular weight is 295 g/mol. The third-order valence-electron chi connectivity index (χ3n) is 3.32. The standard InChI is InChI=1S/C16H25NO4/c1-18-7-8-19-9-10-20-11-12-21-15-5-4-14-3-2-6-17-16(14)13-15/h4-5,13,17H,2-3,6-12H2,1H3. The minimum atomic E-state index is 0.552. The summed E-state index contributed by atoms with van der Waals surface area (Å²) in [5.41, 5.74) is 2.57. The molecule has 1 N–H and O–H groups in total. The number of nitrogens with one attached hydrogen (secondary N) is 1. The number of hydrogen-bond acceptors (Lipinski definition) is 5. The first-order chi connectivity index (χ1) is 10.4. The van der Waals surface area contributed by atoms with Crippen LogP contribution in [0.3, 0.4) is 0 Å². The molecule has 0 saturated carbocycles. The number of aryl methyl sites for hydroxylation is 1. The molecule has 1 aromatic carbocycles. The highest BCUT2D eigenvalue weighted by Crippen LogP contribution is 2.26. The van der Waals surface area contributed by atoms with Crippen LogP contribution in [-0.2, 0) is 20.6 Å². The highest BCUT2D eigenvalue weighted by molar-refractivity contribution is 5.56. The molecule has 0 aliphatic carbocycles. The van der Waals surface area contributed by atoms with Gasteiger partial charge >= 0.3 is 0 Å². The Morgan fingerprint density at radius 1 is 1.00 bits per heavy atom. The normalized spacial score (nSPS) is 13.6. The van der Waals surface area contributed by atoms with Crippen molar-refractivity contribution in [1.82, 2.24) is 0 Å². The zero-order valence-electron chi connectivity index (χ0n) is 12.7. The van der Waals surface area contributed by atoms with Crippen molar-refractivity contribution in [1.29, 1.82) is 0 Å². The van der Waals surface area contributed by atoms with Gasteiger partial charge in [-0.25, -0.2) is 0 Å². The molecule has 0 radical (unpaired) electrons. The summed E-state index contributed by atoms with van der Waals surface area (Å²) in [4.78, 5) is 0. The van der Waals surface area contributed by atoms with Crippen molar-refractivity contribution in [3.8, 4) is 5.75 Å². The lowest BCUT2D eigenvalue weighted by Gasteiger charge is -2.18. The lowest BCUT2D eigenvalue weighted by atomic mass is 10.0. The van der Waals surface area contributed by atoms with E-state index in [1.54, 1.807) is 7.11 Å². The van der Waals surface area contributed by atoms with E-state index in [-0.39, 0.29) is 0 Å². The predicted molar refractivity (Wildman–Crippen MR) is 82.3 cm³/mol. The Hall–Kier alpha value is -1.30. The molecule has 118 valence electrons. The first-order valence-electron chi connectivity index (χ1n) is 7.54. The molecular weight excluding hydrogens is 270 g/mol. The minimum absolute atomic E-state index is 0.552. The molecular formula is C16H25NO4. The van der Waals surface area contributed by atoms with E-state index in [0.29, 0.717) is 39.6 Å². The molecule has 0 atom stereocenters. The van der Waals surface area contributed by atoms with Crippen molar-refractivity contribution in [3.05, 3.63) is 23.8 Å². The van der Waals surface area contributed by atoms with Crippen LogP contribution in [0, 0.1) is 0 Å². The fourth-order valence-corrected chi connectivity index (χ4v) is 2.21. The Labute approximate surface area is 126 Å². The fraction of sp³-hybridized carbons (Fsp3) is 0.625. The van der Waals surface area contributed by atoms with E-state index in [1.807, 2.05) is 6.07 Å². The lowest BCUT2D eigenvalue weighted by molar-refractivity contribution is 0.0180. The van der Waals surface area contributed by atoms with Gasteiger partial charge in [0, 0.05) is 25.4 Å². The van der Waals surface area contributed by atoms with Gasteiger partial charge in [-0.1, -0.05) is 6.07 Å². The Morgan fingerprint density at radius 2 is 1.76 bits per heavy atom. The zero-order valence-corrected chi connectivity index (χ0v) is 12.7. The number of rotatable bonds is 10. The van der Waals surface area contributed by atoms with Gasteiger partial charge in [0.2, 0.25) is 0 Å². The van der Waals surface area contributed by atoms with E-state index in [1.165, 1.54) is 17.7 Å². The van der Waals surface area contributed by atoms with E-state index < -0.39 is 0 Å². The van der Waals surface area contributed by atoms with E-state index in [2.05, 4.69) is 17.4 Å². The summed E-state index contributed by atoms with van der Waals surface area (Å²) in [7, 11) is 1.66. The molecule has 0 amide bonds. The Balaban J connectivity index is 1.54. The molecule has 0 fully saturated rings. The summed E-state index contributed by atoms with van der Waals surface area (Å²) in [6, 6.07) is 6.24. The summed E-state index contributed by atoms with van der Waals surface area (Å²) >= 11 is 0. The molecule has 1 heterocycles. The summed E-state index contributed by atoms with van der Waals surface area (Å²) < 4.78 is 21.3. The largest absolute Gasteiger partial charge is 0.491 e. The van der Waals surface area contributed by atoms with Gasteiger partial charge < -0.3 is 24.3 Å². The van der Waals surface area contributed by atoms with Gasteiger partial charge in [-0.15, -0.1) is 0 Å². The smallest absolute Gasteiger partial charge is 0.121 e. The Bertz CT molecular complexity index is 411. The van der Waals surface area contributed by atoms with Crippen molar-refractivity contribution >= 4 is 5.69 Å². The van der Waals surface area contributed by atoms with Crippen molar-refractivity contribution in [2.75, 3.05) is 58.6 Å². The van der Waals surface area contributed by atoms with E-state index >= 15 is 0 Å². The summed E-state index contributed by atoms with van der Waals surface area (Å²) in [6.45, 7) is 4.57. The zero-order chi connectivity index (χ0) is 14.8. The average Bonchev–Trinajstić information content (AvgIpc) is 2.53. The van der Waals surface area contributed by atoms with Crippen LogP contribution in [0.4, 0.5) is 5.69 Å². The topological polar surface area (TPSA) is 49.0 Å². The summed E-state index contributed by atoms with van der Waals surface area (Å²) in [6.07, 6.45) is 2.35. The van der Waals surface area contributed by atoms with Crippen LogP contribution < -0.4 is 10.1 Å². The van der Waals surface area contributed by atoms with Crippen LogP contribution in [0.5, 0.6) is 5.75 Å². The molecule has 0 unspecified atom stereocenters. The molecule has 0 saturated heterocycles. The van der Waals surface area contributed by atoms with E-state index in [9.17, 15) is 0 Å². The molecule has 2 rings (SSSR count). The second-order valence-electron chi connectivity index (χ2n) is 4.92. The van der Waals surface area contributed by atoms with Gasteiger partial charge in [-0.3, -0.25) is 0 Å². The van der Waals surface area contributed by atoms with Crippen LogP contribution in [0.25, 0.3) is 0 Å². The van der Waals surface area contributed by atoms with Crippen LogP contribution in [0.2, 0.25) is 0 Å². The maximum atomic E-state index is 5.69. The number of benzene rings is 1. The van der Waals surface area contributed by atoms with Crippen molar-refractivity contribution in [3.63, 3.8) is 0 Å². The molecule has 0 bridgehead atoms. The van der Waals surface area contributed by atoms with Crippen LogP contribution in [0.15, 0.2) is 18.2 Å². The monoisotopic (exact) mass is 295 g/mol. The molecule has 0 aromatic heterocycles. The van der Waals surface area contributed by atoms with E-state index in [0.717, 1.165) is 18.7 Å². The second kappa shape index (κ2) is 9.60. The quantitative estimate of drug-likeness (QED) is 0.670. The van der Waals surface area contributed by atoms with Gasteiger partial charge in [0.1, 0.15) is 12.4 Å². The first kappa shape index (κ1) is 16.1. The van der Waals surface area contributed by atoms with Crippen molar-refractivity contribution in [2.24, 2.45) is 0 Å². The minimum Gasteiger partial charge on any atom is -0.491 e. The van der Waals surface area contributed by atoms with Crippen LogP contribution in [-0.4, -0.2) is 53.3 Å². The second-order valence-corrected chi connectivity index (χ2v) is 4.92. The molecule has 1 aromatic rings. The third kappa shape index (κ3) is 5.91. The highest BCUT2D eigenvalue weighted by atomic mass is 16.6. The van der Waals surface area contributed by atoms with E-state index in [4.69, 9.17) is 18.9 Å². The number of methoxy groups -OCH3 is 1. The highest BCUT2D eigenvalue weighted by Gasteiger charge is 2.08. The lowest BCUT2D eigenvalue weighted by Crippen LogP contribution is -2.13. The van der Waals surface area contributed by atoms with Gasteiger partial charge in [0.15, 0.2) is 0 Å². The third-order valence-corrected chi connectivity index (χ3v) is 3.32. The number of ether oxygens (including phenoxy) is 4. The molecule has 1 aliphatic rings. The summed E-state index contributed by atoms with van der Waals surface area (Å²) in [5.74, 6) is 0.892. The molecule has 5 nitrogen and oxygen atoms in total. The van der Waals surface area contributed by atoms with Gasteiger partial charge in [-0.2, -0.15) is 0 Å². The number of anilines is 1. The van der Waals surface area contributed by atoms with Gasteiger partial charge in [-0.05, 0) is 24.5 Å². The maximum absolute atomic E-state index is 5.69. The van der Waals surface area contributed by atoms with Crippen molar-refractivity contribution < 1.29 is 18.9 Å². The maximum Gasteiger partial charge on any atom is 0.121 e. The Morgan fingerprint density at radius 3 is 2.57 bits per heavy atom. The number of hydrogen-bond donors (Lipinski definition) is 1. The first-order valence-corrected chi connectivity index (χ1v) is 7.54. The van der Waals surface area contributed by atoms with Crippen LogP contribution >= 0.6 is 0 Å². The van der Waals surface area contributed by atoms with Gasteiger partial charge in [0.25, 0.3) is 0 Å². The summed E-state index contributed by atoms with van der Waals surface area (Å²) in [5, 5.41) is 3.40. The molecule has 21 heavy (non-hydrogen) atoms. The number of fused-ring (bicyclic) bond motifs is 1. The molecule has 1 aliphatic heterocycles. The molecule has 0 spiro atoms. The van der Waals surface area contributed by atoms with Crippen LogP contribution in [0.1, 0.15) is 12.0 Å². The fourth-order valence-electron chi connectivity index (χ4n) is 2.21. The SMILES string of the molecule is COCCOCCOCCOc1ccc2c(c1)NCCC2. The van der Waals surface area contributed by atoms with Crippen molar-refractivity contribution in [2.45, 2.75) is 12.8 Å². The predicted octanol–water partition coefficient (Wildman–Crippen LogP) is 2.10. The molecule has 5 heteroatoms.